The third-order valence-corrected chi connectivity index (χ3v) is 6.45. The van der Waals surface area contributed by atoms with Crippen LogP contribution >= 0.6 is 11.8 Å². The molecule has 2 aromatic heterocycles. The fourth-order valence-corrected chi connectivity index (χ4v) is 4.43. The van der Waals surface area contributed by atoms with Gasteiger partial charge in [0.05, 0.1) is 13.2 Å². The molecule has 1 N–H and O–H groups in total. The molecule has 0 saturated heterocycles. The lowest BCUT2D eigenvalue weighted by atomic mass is 10.1. The molecular weight excluding hydrogens is 438 g/mol. The molecule has 33 heavy (non-hydrogen) atoms. The summed E-state index contributed by atoms with van der Waals surface area (Å²) in [5.74, 6) is 0.442. The first-order chi connectivity index (χ1) is 15.9. The van der Waals surface area contributed by atoms with Gasteiger partial charge in [-0.1, -0.05) is 41.6 Å². The normalized spacial score (nSPS) is 12.0. The quantitative estimate of drug-likeness (QED) is 0.451. The molecule has 0 saturated carbocycles. The summed E-state index contributed by atoms with van der Waals surface area (Å²) in [6, 6.07) is 13.4. The van der Waals surface area contributed by atoms with E-state index in [1.807, 2.05) is 57.2 Å². The maximum atomic E-state index is 12.8. The van der Waals surface area contributed by atoms with Crippen LogP contribution in [0.5, 0.6) is 5.75 Å². The van der Waals surface area contributed by atoms with Gasteiger partial charge in [0, 0.05) is 17.3 Å². The first-order valence-electron chi connectivity index (χ1n) is 10.5. The van der Waals surface area contributed by atoms with Crippen LogP contribution in [0.3, 0.4) is 0 Å². The van der Waals surface area contributed by atoms with E-state index in [-0.39, 0.29) is 24.2 Å². The number of hydrogen-bond acceptors (Lipinski definition) is 6. The minimum absolute atomic E-state index is 0.186. The molecule has 0 bridgehead atoms. The largest absolute Gasteiger partial charge is 0.497 e. The molecule has 170 valence electrons. The third kappa shape index (κ3) is 4.93. The molecular formula is C24H25N5O3S. The van der Waals surface area contributed by atoms with Crippen molar-refractivity contribution in [3.05, 3.63) is 82.0 Å². The van der Waals surface area contributed by atoms with E-state index >= 15 is 0 Å². The van der Waals surface area contributed by atoms with Gasteiger partial charge in [0.15, 0.2) is 5.65 Å². The Hall–Kier alpha value is -3.59. The summed E-state index contributed by atoms with van der Waals surface area (Å²) < 4.78 is 7.75. The van der Waals surface area contributed by atoms with Crippen LogP contribution in [0.2, 0.25) is 0 Å². The number of carbonyl (C=O) groups excluding carboxylic acids is 1. The highest BCUT2D eigenvalue weighted by Crippen LogP contribution is 2.31. The molecule has 2 heterocycles. The van der Waals surface area contributed by atoms with E-state index in [2.05, 4.69) is 21.5 Å². The number of aryl methyl sites for hydroxylation is 2. The molecule has 9 heteroatoms. The first-order valence-corrected chi connectivity index (χ1v) is 11.3. The molecule has 0 unspecified atom stereocenters. The van der Waals surface area contributed by atoms with Crippen molar-refractivity contribution in [2.24, 2.45) is 0 Å². The molecule has 0 aliphatic carbocycles. The van der Waals surface area contributed by atoms with Crippen LogP contribution < -0.4 is 15.7 Å². The number of benzene rings is 2. The van der Waals surface area contributed by atoms with Gasteiger partial charge in [-0.3, -0.25) is 4.79 Å². The Kier molecular flexibility index (Phi) is 6.50. The number of aromatic nitrogens is 4. The Balaban J connectivity index is 1.53. The van der Waals surface area contributed by atoms with Crippen molar-refractivity contribution >= 4 is 23.3 Å². The highest BCUT2D eigenvalue weighted by molar-refractivity contribution is 7.99. The summed E-state index contributed by atoms with van der Waals surface area (Å²) in [6.07, 6.45) is 3.13. The molecule has 0 fully saturated rings. The lowest BCUT2D eigenvalue weighted by Gasteiger charge is -2.14. The molecule has 0 spiro atoms. The van der Waals surface area contributed by atoms with Crippen LogP contribution in [0.25, 0.3) is 5.65 Å². The minimum atomic E-state index is -0.387. The number of nitrogens with zero attached hydrogens (tertiary/aromatic N) is 4. The van der Waals surface area contributed by atoms with Gasteiger partial charge in [-0.15, -0.1) is 5.10 Å². The minimum Gasteiger partial charge on any atom is -0.497 e. The van der Waals surface area contributed by atoms with Crippen molar-refractivity contribution in [3.63, 3.8) is 0 Å². The molecule has 4 rings (SSSR count). The average molecular weight is 464 g/mol. The number of methoxy groups -OCH3 is 1. The Morgan fingerprint density at radius 3 is 2.64 bits per heavy atom. The van der Waals surface area contributed by atoms with Crippen LogP contribution in [0.4, 0.5) is 0 Å². The van der Waals surface area contributed by atoms with Crippen LogP contribution in [-0.2, 0) is 11.3 Å². The van der Waals surface area contributed by atoms with Crippen molar-refractivity contribution in [1.29, 1.82) is 0 Å². The molecule has 0 aliphatic rings. The van der Waals surface area contributed by atoms with Gasteiger partial charge < -0.3 is 10.1 Å². The van der Waals surface area contributed by atoms with Gasteiger partial charge in [-0.25, -0.2) is 18.9 Å². The van der Waals surface area contributed by atoms with Crippen molar-refractivity contribution in [2.45, 2.75) is 43.3 Å². The summed E-state index contributed by atoms with van der Waals surface area (Å²) in [6.45, 7) is 5.78. The van der Waals surface area contributed by atoms with Crippen LogP contribution in [-0.4, -0.2) is 32.2 Å². The van der Waals surface area contributed by atoms with Crippen molar-refractivity contribution < 1.29 is 9.53 Å². The number of hydrogen-bond donors (Lipinski definition) is 1. The molecule has 0 radical (unpaired) electrons. The fraction of sp³-hybridized carbons (Fsp3) is 0.250. The standard InChI is InChI=1S/C24H25N5O3S/c1-15-5-10-20(16(2)13-15)33-23-22-27-29(24(31)28(22)12-11-25-23)14-21(30)26-17(3)18-6-8-19(32-4)9-7-18/h5-13,17H,14H2,1-4H3,(H,26,30)/t17-/m1/s1. The number of nitrogens with one attached hydrogen (secondary N) is 1. The van der Waals surface area contributed by atoms with Gasteiger partial charge in [0.2, 0.25) is 5.91 Å². The van der Waals surface area contributed by atoms with Crippen molar-refractivity contribution in [1.82, 2.24) is 24.5 Å². The Morgan fingerprint density at radius 2 is 1.94 bits per heavy atom. The van der Waals surface area contributed by atoms with E-state index in [1.54, 1.807) is 19.5 Å². The Labute approximate surface area is 195 Å². The van der Waals surface area contributed by atoms with E-state index < -0.39 is 0 Å². The molecule has 8 nitrogen and oxygen atoms in total. The summed E-state index contributed by atoms with van der Waals surface area (Å²) in [5.41, 5.74) is 3.27. The van der Waals surface area contributed by atoms with Crippen molar-refractivity contribution in [2.75, 3.05) is 7.11 Å². The smallest absolute Gasteiger partial charge is 0.350 e. The zero-order chi connectivity index (χ0) is 23.5. The van der Waals surface area contributed by atoms with Crippen LogP contribution in [0.1, 0.15) is 29.7 Å². The summed E-state index contributed by atoms with van der Waals surface area (Å²) in [5, 5.41) is 7.92. The van der Waals surface area contributed by atoms with Gasteiger partial charge in [0.25, 0.3) is 0 Å². The Bertz CT molecular complexity index is 1360. The number of ether oxygens (including phenoxy) is 1. The van der Waals surface area contributed by atoms with Crippen LogP contribution in [0, 0.1) is 13.8 Å². The van der Waals surface area contributed by atoms with Gasteiger partial charge in [0.1, 0.15) is 17.3 Å². The van der Waals surface area contributed by atoms with E-state index in [4.69, 9.17) is 4.74 Å². The van der Waals surface area contributed by atoms with E-state index in [9.17, 15) is 9.59 Å². The van der Waals surface area contributed by atoms with E-state index in [1.165, 1.54) is 26.4 Å². The Morgan fingerprint density at radius 1 is 1.18 bits per heavy atom. The van der Waals surface area contributed by atoms with Gasteiger partial charge in [-0.05, 0) is 50.1 Å². The maximum Gasteiger partial charge on any atom is 0.350 e. The maximum absolute atomic E-state index is 12.8. The summed E-state index contributed by atoms with van der Waals surface area (Å²) in [7, 11) is 1.61. The van der Waals surface area contributed by atoms with E-state index in [0.717, 1.165) is 21.8 Å². The number of fused-ring (bicyclic) bond motifs is 1. The molecule has 0 aliphatic heterocycles. The van der Waals surface area contributed by atoms with Crippen molar-refractivity contribution in [3.8, 4) is 5.75 Å². The second-order valence-electron chi connectivity index (χ2n) is 7.80. The highest BCUT2D eigenvalue weighted by atomic mass is 32.2. The topological polar surface area (TPSA) is 90.5 Å². The number of carbonyl (C=O) groups is 1. The SMILES string of the molecule is COc1ccc([C@@H](C)NC(=O)Cn2nc3c(Sc4ccc(C)cc4C)nccn3c2=O)cc1. The molecule has 2 aromatic carbocycles. The molecule has 1 amide bonds. The second-order valence-corrected chi connectivity index (χ2v) is 8.83. The zero-order valence-corrected chi connectivity index (χ0v) is 19.7. The summed E-state index contributed by atoms with van der Waals surface area (Å²) in [4.78, 5) is 30.9. The van der Waals surface area contributed by atoms with E-state index in [0.29, 0.717) is 10.7 Å². The number of rotatable bonds is 7. The first kappa shape index (κ1) is 22.6. The third-order valence-electron chi connectivity index (χ3n) is 5.29. The molecule has 4 aromatic rings. The van der Waals surface area contributed by atoms with Gasteiger partial charge >= 0.3 is 5.69 Å². The zero-order valence-electron chi connectivity index (χ0n) is 18.9. The lowest BCUT2D eigenvalue weighted by Crippen LogP contribution is -2.34. The second kappa shape index (κ2) is 9.50. The monoisotopic (exact) mass is 463 g/mol. The highest BCUT2D eigenvalue weighted by Gasteiger charge is 2.17. The average Bonchev–Trinajstić information content (AvgIpc) is 3.11. The lowest BCUT2D eigenvalue weighted by molar-refractivity contribution is -0.122. The summed E-state index contributed by atoms with van der Waals surface area (Å²) >= 11 is 1.45. The molecule has 1 atom stereocenters. The van der Waals surface area contributed by atoms with Crippen LogP contribution in [0.15, 0.2) is 69.6 Å². The predicted octanol–water partition coefficient (Wildman–Crippen LogP) is 3.55. The van der Waals surface area contributed by atoms with Gasteiger partial charge in [-0.2, -0.15) is 0 Å². The predicted molar refractivity (Wildman–Crippen MR) is 127 cm³/mol. The number of amides is 1. The fourth-order valence-electron chi connectivity index (χ4n) is 3.52.